The summed E-state index contributed by atoms with van der Waals surface area (Å²) in [5.41, 5.74) is 11.9. The molecule has 258 valence electrons. The Kier molecular flexibility index (Phi) is 7.39. The van der Waals surface area contributed by atoms with Crippen molar-refractivity contribution in [2.75, 3.05) is 4.90 Å². The van der Waals surface area contributed by atoms with Gasteiger partial charge in [-0.2, -0.15) is 0 Å². The molecule has 0 atom stereocenters. The van der Waals surface area contributed by atoms with E-state index in [1.165, 1.54) is 42.1 Å². The lowest BCUT2D eigenvalue weighted by molar-refractivity contribution is 0.670. The van der Waals surface area contributed by atoms with Crippen molar-refractivity contribution in [3.63, 3.8) is 0 Å². The van der Waals surface area contributed by atoms with Crippen LogP contribution in [0.5, 0.6) is 0 Å². The second-order valence-electron chi connectivity index (χ2n) is 14.1. The van der Waals surface area contributed by atoms with E-state index in [-0.39, 0.29) is 0 Å². The van der Waals surface area contributed by atoms with Gasteiger partial charge >= 0.3 is 0 Å². The SMILES string of the molecule is c1ccc(-c2ccc(-c3ccc4ccccc4c3)cc2N(c2cccc(-c3cccc4c3oc3ccccc34)c2)c2ccc3c(c2)sc2ccccc23)cc1. The third-order valence-corrected chi connectivity index (χ3v) is 12.0. The van der Waals surface area contributed by atoms with Crippen LogP contribution in [0.2, 0.25) is 0 Å². The van der Waals surface area contributed by atoms with Gasteiger partial charge in [0.2, 0.25) is 0 Å². The molecular formula is C52H33NOS. The van der Waals surface area contributed by atoms with Gasteiger partial charge in [0, 0.05) is 53.4 Å². The highest BCUT2D eigenvalue weighted by atomic mass is 32.1. The van der Waals surface area contributed by atoms with Gasteiger partial charge in [-0.05, 0) is 81.6 Å². The smallest absolute Gasteiger partial charge is 0.143 e. The third-order valence-electron chi connectivity index (χ3n) is 10.8. The third kappa shape index (κ3) is 5.40. The van der Waals surface area contributed by atoms with Gasteiger partial charge in [0.1, 0.15) is 11.2 Å². The van der Waals surface area contributed by atoms with E-state index in [4.69, 9.17) is 4.42 Å². The molecule has 0 aliphatic carbocycles. The fraction of sp³-hybridized carbons (Fsp3) is 0. The number of hydrogen-bond donors (Lipinski definition) is 0. The lowest BCUT2D eigenvalue weighted by Crippen LogP contribution is -2.11. The molecule has 9 aromatic carbocycles. The fourth-order valence-electron chi connectivity index (χ4n) is 8.19. The summed E-state index contributed by atoms with van der Waals surface area (Å²) in [7, 11) is 0. The van der Waals surface area contributed by atoms with Crippen molar-refractivity contribution < 1.29 is 4.42 Å². The minimum absolute atomic E-state index is 0.900. The van der Waals surface area contributed by atoms with E-state index >= 15 is 0 Å². The van der Waals surface area contributed by atoms with Crippen LogP contribution in [0, 0.1) is 0 Å². The second-order valence-corrected chi connectivity index (χ2v) is 15.2. The maximum absolute atomic E-state index is 6.54. The molecule has 55 heavy (non-hydrogen) atoms. The molecule has 0 saturated heterocycles. The average molecular weight is 720 g/mol. The van der Waals surface area contributed by atoms with Crippen LogP contribution in [0.1, 0.15) is 0 Å². The molecule has 2 heterocycles. The van der Waals surface area contributed by atoms with Crippen LogP contribution in [-0.2, 0) is 0 Å². The number of fused-ring (bicyclic) bond motifs is 7. The Morgan fingerprint density at radius 1 is 0.364 bits per heavy atom. The van der Waals surface area contributed by atoms with Crippen LogP contribution in [0.15, 0.2) is 205 Å². The zero-order chi connectivity index (χ0) is 36.3. The van der Waals surface area contributed by atoms with E-state index in [9.17, 15) is 0 Å². The number of furan rings is 1. The Morgan fingerprint density at radius 2 is 1.05 bits per heavy atom. The normalized spacial score (nSPS) is 11.6. The highest BCUT2D eigenvalue weighted by Crippen LogP contribution is 2.46. The summed E-state index contributed by atoms with van der Waals surface area (Å²) in [6.07, 6.45) is 0. The molecule has 0 unspecified atom stereocenters. The van der Waals surface area contributed by atoms with E-state index in [2.05, 4.69) is 199 Å². The maximum Gasteiger partial charge on any atom is 0.143 e. The monoisotopic (exact) mass is 719 g/mol. The first-order chi connectivity index (χ1) is 27.2. The van der Waals surface area contributed by atoms with Gasteiger partial charge < -0.3 is 9.32 Å². The number of anilines is 3. The van der Waals surface area contributed by atoms with Gasteiger partial charge in [0.05, 0.1) is 5.69 Å². The van der Waals surface area contributed by atoms with Crippen LogP contribution < -0.4 is 4.90 Å². The van der Waals surface area contributed by atoms with Gasteiger partial charge in [0.25, 0.3) is 0 Å². The van der Waals surface area contributed by atoms with Crippen LogP contribution in [0.3, 0.4) is 0 Å². The first-order valence-electron chi connectivity index (χ1n) is 18.7. The van der Waals surface area contributed by atoms with Crippen LogP contribution in [0.4, 0.5) is 17.1 Å². The average Bonchev–Trinajstić information content (AvgIpc) is 3.82. The predicted molar refractivity (Wildman–Crippen MR) is 235 cm³/mol. The van der Waals surface area contributed by atoms with Gasteiger partial charge in [-0.15, -0.1) is 11.3 Å². The summed E-state index contributed by atoms with van der Waals surface area (Å²) >= 11 is 1.85. The van der Waals surface area contributed by atoms with Crippen molar-refractivity contribution >= 4 is 81.3 Å². The maximum atomic E-state index is 6.54. The number of benzene rings is 9. The lowest BCUT2D eigenvalue weighted by atomic mass is 9.95. The summed E-state index contributed by atoms with van der Waals surface area (Å²) in [5, 5.41) is 7.30. The summed E-state index contributed by atoms with van der Waals surface area (Å²) in [6.45, 7) is 0. The highest BCUT2D eigenvalue weighted by molar-refractivity contribution is 7.25. The van der Waals surface area contributed by atoms with Crippen molar-refractivity contribution in [2.45, 2.75) is 0 Å². The molecule has 2 aromatic heterocycles. The molecule has 2 nitrogen and oxygen atoms in total. The van der Waals surface area contributed by atoms with Gasteiger partial charge in [0.15, 0.2) is 0 Å². The fourth-order valence-corrected chi connectivity index (χ4v) is 9.33. The minimum Gasteiger partial charge on any atom is -0.455 e. The molecule has 0 fully saturated rings. The Labute approximate surface area is 322 Å². The minimum atomic E-state index is 0.900. The standard InChI is InChI=1S/C52H33NOS/c1-2-13-35(14-3-1)42-28-26-38(37-25-24-34-12-4-5-15-36(34)30-37)32-48(42)53(41-27-29-46-45-19-7-9-23-50(45)55-51(46)33-41)40-17-10-16-39(31-40)43-20-11-21-47-44-18-6-8-22-49(44)54-52(43)47/h1-33H. The molecule has 0 amide bonds. The van der Waals surface area contributed by atoms with Crippen LogP contribution in [0.25, 0.3) is 86.3 Å². The number of nitrogens with zero attached hydrogens (tertiary/aromatic N) is 1. The Balaban J connectivity index is 1.16. The highest BCUT2D eigenvalue weighted by Gasteiger charge is 2.21. The quantitative estimate of drug-likeness (QED) is 0.170. The van der Waals surface area contributed by atoms with Crippen LogP contribution >= 0.6 is 11.3 Å². The van der Waals surface area contributed by atoms with Crippen molar-refractivity contribution in [2.24, 2.45) is 0 Å². The van der Waals surface area contributed by atoms with E-state index < -0.39 is 0 Å². The summed E-state index contributed by atoms with van der Waals surface area (Å²) < 4.78 is 9.10. The lowest BCUT2D eigenvalue weighted by Gasteiger charge is -2.29. The summed E-state index contributed by atoms with van der Waals surface area (Å²) in [5.74, 6) is 0. The zero-order valence-electron chi connectivity index (χ0n) is 29.8. The first-order valence-corrected chi connectivity index (χ1v) is 19.5. The summed E-state index contributed by atoms with van der Waals surface area (Å²) in [4.78, 5) is 2.44. The molecule has 0 aliphatic rings. The predicted octanol–water partition coefficient (Wildman–Crippen LogP) is 15.6. The Bertz CT molecular complexity index is 3230. The molecule has 11 aromatic rings. The second kappa shape index (κ2) is 12.9. The number of para-hydroxylation sites is 2. The molecule has 0 spiro atoms. The van der Waals surface area contributed by atoms with E-state index in [0.717, 1.165) is 61.3 Å². The molecule has 0 saturated carbocycles. The van der Waals surface area contributed by atoms with Crippen molar-refractivity contribution in [1.82, 2.24) is 0 Å². The van der Waals surface area contributed by atoms with Gasteiger partial charge in [-0.3, -0.25) is 0 Å². The molecule has 11 rings (SSSR count). The van der Waals surface area contributed by atoms with Crippen molar-refractivity contribution in [1.29, 1.82) is 0 Å². The number of thiophene rings is 1. The van der Waals surface area contributed by atoms with Gasteiger partial charge in [-0.25, -0.2) is 0 Å². The van der Waals surface area contributed by atoms with E-state index in [0.29, 0.717) is 0 Å². The largest absolute Gasteiger partial charge is 0.455 e. The van der Waals surface area contributed by atoms with Crippen molar-refractivity contribution in [3.05, 3.63) is 200 Å². The van der Waals surface area contributed by atoms with Crippen molar-refractivity contribution in [3.8, 4) is 33.4 Å². The van der Waals surface area contributed by atoms with Gasteiger partial charge in [-0.1, -0.05) is 152 Å². The Morgan fingerprint density at radius 3 is 1.98 bits per heavy atom. The topological polar surface area (TPSA) is 16.4 Å². The molecule has 3 heteroatoms. The zero-order valence-corrected chi connectivity index (χ0v) is 30.6. The first kappa shape index (κ1) is 31.6. The summed E-state index contributed by atoms with van der Waals surface area (Å²) in [6, 6.07) is 72.4. The molecule has 0 bridgehead atoms. The number of hydrogen-bond acceptors (Lipinski definition) is 3. The number of rotatable bonds is 6. The Hall–Kier alpha value is -6.94. The molecular weight excluding hydrogens is 687 g/mol. The molecule has 0 N–H and O–H groups in total. The van der Waals surface area contributed by atoms with E-state index in [1.807, 2.05) is 17.4 Å². The molecule has 0 aliphatic heterocycles. The molecule has 0 radical (unpaired) electrons. The van der Waals surface area contributed by atoms with Crippen LogP contribution in [-0.4, -0.2) is 0 Å². The van der Waals surface area contributed by atoms with E-state index in [1.54, 1.807) is 0 Å².